The van der Waals surface area contributed by atoms with E-state index in [0.717, 1.165) is 0 Å². The van der Waals surface area contributed by atoms with Crippen molar-refractivity contribution in [3.05, 3.63) is 0 Å². The zero-order chi connectivity index (χ0) is 11.5. The fourth-order valence-electron chi connectivity index (χ4n) is 2.94. The van der Waals surface area contributed by atoms with Gasteiger partial charge in [-0.2, -0.15) is 0 Å². The van der Waals surface area contributed by atoms with Gasteiger partial charge in [-0.25, -0.2) is 0 Å². The van der Waals surface area contributed by atoms with Gasteiger partial charge in [0.15, 0.2) is 0 Å². The maximum atomic E-state index is 2.64. The second-order valence-corrected chi connectivity index (χ2v) is 4.76. The zero-order valence-corrected chi connectivity index (χ0v) is 11.0. The van der Waals surface area contributed by atoms with E-state index in [1.54, 1.807) is 0 Å². The van der Waals surface area contributed by atoms with Crippen LogP contribution in [0, 0.1) is 0 Å². The van der Waals surface area contributed by atoms with E-state index in [0.29, 0.717) is 6.29 Å². The van der Waals surface area contributed by atoms with Gasteiger partial charge in [0.2, 0.25) is 0 Å². The van der Waals surface area contributed by atoms with E-state index in [1.165, 1.54) is 52.4 Å². The molecule has 4 nitrogen and oxygen atoms in total. The van der Waals surface area contributed by atoms with E-state index < -0.39 is 0 Å². The molecule has 0 saturated carbocycles. The largest absolute Gasteiger partial charge is 0.304 e. The summed E-state index contributed by atoms with van der Waals surface area (Å²) in [6.07, 6.45) is 0.656. The lowest BCUT2D eigenvalue weighted by Gasteiger charge is -2.36. The van der Waals surface area contributed by atoms with Gasteiger partial charge in [-0.15, -0.1) is 0 Å². The first-order valence-electron chi connectivity index (χ1n) is 6.75. The van der Waals surface area contributed by atoms with Gasteiger partial charge in [-0.05, 0) is 7.05 Å². The van der Waals surface area contributed by atoms with Crippen molar-refractivity contribution >= 4 is 0 Å². The molecule has 16 heavy (non-hydrogen) atoms. The van der Waals surface area contributed by atoms with Crippen molar-refractivity contribution in [2.45, 2.75) is 20.1 Å². The topological polar surface area (TPSA) is 13.0 Å². The van der Waals surface area contributed by atoms with Crippen LogP contribution in [0.15, 0.2) is 0 Å². The Hall–Kier alpha value is -0.160. The van der Waals surface area contributed by atoms with Crippen LogP contribution in [0.3, 0.4) is 0 Å². The molecule has 3 heterocycles. The second-order valence-electron chi connectivity index (χ2n) is 4.76. The molecule has 94 valence electrons. The molecular weight excluding hydrogens is 200 g/mol. The minimum atomic E-state index is 0.656. The fraction of sp³-hybridized carbons (Fsp3) is 1.00. The Labute approximate surface area is 99.8 Å². The van der Waals surface area contributed by atoms with Crippen LogP contribution < -0.4 is 0 Å². The summed E-state index contributed by atoms with van der Waals surface area (Å²) in [5.41, 5.74) is 0. The number of hydrogen-bond donors (Lipinski definition) is 0. The maximum Gasteiger partial charge on any atom is 0.119 e. The van der Waals surface area contributed by atoms with E-state index in [-0.39, 0.29) is 0 Å². The summed E-state index contributed by atoms with van der Waals surface area (Å²) in [7, 11) is 2.24. The van der Waals surface area contributed by atoms with Gasteiger partial charge in [-0.1, -0.05) is 13.8 Å². The van der Waals surface area contributed by atoms with Gasteiger partial charge in [-0.3, -0.25) is 14.7 Å². The lowest BCUT2D eigenvalue weighted by Crippen LogP contribution is -2.51. The predicted octanol–water partition coefficient (Wildman–Crippen LogP) is 0.175. The molecule has 0 N–H and O–H groups in total. The van der Waals surface area contributed by atoms with Crippen molar-refractivity contribution in [3.63, 3.8) is 0 Å². The Kier molecular flexibility index (Phi) is 4.19. The molecule has 0 spiro atoms. The Morgan fingerprint density at radius 3 is 1.31 bits per heavy atom. The van der Waals surface area contributed by atoms with Gasteiger partial charge in [0.1, 0.15) is 6.29 Å². The predicted molar refractivity (Wildman–Crippen MR) is 67.4 cm³/mol. The molecule has 3 aliphatic heterocycles. The van der Waals surface area contributed by atoms with Crippen molar-refractivity contribution in [2.75, 3.05) is 59.4 Å². The summed E-state index contributed by atoms with van der Waals surface area (Å²) in [6, 6.07) is 0. The molecule has 3 rings (SSSR count). The summed E-state index contributed by atoms with van der Waals surface area (Å²) in [6.45, 7) is 14.1. The Morgan fingerprint density at radius 2 is 0.938 bits per heavy atom. The van der Waals surface area contributed by atoms with Crippen molar-refractivity contribution in [1.82, 2.24) is 19.6 Å². The molecule has 0 atom stereocenters. The third-order valence-electron chi connectivity index (χ3n) is 3.87. The quantitative estimate of drug-likeness (QED) is 0.584. The lowest BCUT2D eigenvalue weighted by molar-refractivity contribution is 0.0237. The molecule has 0 unspecified atom stereocenters. The fourth-order valence-corrected chi connectivity index (χ4v) is 2.94. The molecule has 0 bridgehead atoms. The third kappa shape index (κ3) is 2.25. The first kappa shape index (κ1) is 12.3. The maximum absolute atomic E-state index is 2.64. The van der Waals surface area contributed by atoms with E-state index >= 15 is 0 Å². The van der Waals surface area contributed by atoms with Crippen molar-refractivity contribution in [3.8, 4) is 0 Å². The molecular formula is C12H26N4. The first-order chi connectivity index (χ1) is 7.84. The molecule has 0 amide bonds. The normalized spacial score (nSPS) is 29.4. The van der Waals surface area contributed by atoms with Crippen LogP contribution in [0.1, 0.15) is 13.8 Å². The van der Waals surface area contributed by atoms with Crippen LogP contribution >= 0.6 is 0 Å². The summed E-state index contributed by atoms with van der Waals surface area (Å²) < 4.78 is 0. The highest BCUT2D eigenvalue weighted by Crippen LogP contribution is 2.24. The average molecular weight is 226 g/mol. The highest BCUT2D eigenvalue weighted by atomic mass is 15.6. The molecule has 3 saturated heterocycles. The number of hydrogen-bond acceptors (Lipinski definition) is 4. The van der Waals surface area contributed by atoms with E-state index in [2.05, 4.69) is 26.6 Å². The molecule has 0 radical (unpaired) electrons. The monoisotopic (exact) mass is 226 g/mol. The van der Waals surface area contributed by atoms with Gasteiger partial charge >= 0.3 is 0 Å². The van der Waals surface area contributed by atoms with Crippen molar-refractivity contribution in [1.29, 1.82) is 0 Å². The summed E-state index contributed by atoms with van der Waals surface area (Å²) in [5.74, 6) is 0. The van der Waals surface area contributed by atoms with Crippen LogP contribution in [-0.4, -0.2) is 85.3 Å². The zero-order valence-electron chi connectivity index (χ0n) is 11.0. The second kappa shape index (κ2) is 5.45. The van der Waals surface area contributed by atoms with Crippen molar-refractivity contribution in [2.24, 2.45) is 0 Å². The number of rotatable bonds is 0. The molecule has 3 aliphatic rings. The Morgan fingerprint density at radius 1 is 0.625 bits per heavy atom. The van der Waals surface area contributed by atoms with E-state index in [9.17, 15) is 0 Å². The molecule has 4 heteroatoms. The molecule has 0 aliphatic carbocycles. The van der Waals surface area contributed by atoms with Gasteiger partial charge in [0, 0.05) is 52.4 Å². The number of likely N-dealkylation sites (N-methyl/N-ethyl adjacent to an activating group) is 1. The first-order valence-corrected chi connectivity index (χ1v) is 6.75. The smallest absolute Gasteiger partial charge is 0.119 e. The standard InChI is InChI=1S/C10H20N4.C2H6/c1-11-2-4-12-6-8-14-9-7-13(5-3-11)10(12)14;1-2/h10H,2-9H2,1H3;1-2H3. The minimum Gasteiger partial charge on any atom is -0.304 e. The van der Waals surface area contributed by atoms with Crippen LogP contribution in [0.25, 0.3) is 0 Å². The summed E-state index contributed by atoms with van der Waals surface area (Å²) in [4.78, 5) is 10.4. The average Bonchev–Trinajstić information content (AvgIpc) is 2.85. The van der Waals surface area contributed by atoms with E-state index in [1.807, 2.05) is 13.8 Å². The van der Waals surface area contributed by atoms with Crippen LogP contribution in [0.5, 0.6) is 0 Å². The van der Waals surface area contributed by atoms with Gasteiger partial charge in [0.25, 0.3) is 0 Å². The minimum absolute atomic E-state index is 0.656. The molecule has 3 fully saturated rings. The van der Waals surface area contributed by atoms with Gasteiger partial charge < -0.3 is 4.90 Å². The highest BCUT2D eigenvalue weighted by Gasteiger charge is 2.41. The molecule has 0 aromatic carbocycles. The molecule has 0 aromatic rings. The van der Waals surface area contributed by atoms with Crippen LogP contribution in [0.4, 0.5) is 0 Å². The van der Waals surface area contributed by atoms with Crippen LogP contribution in [0.2, 0.25) is 0 Å². The Balaban J connectivity index is 0.000000457. The SMILES string of the molecule is CC.CN1CCN2CCN3CCN(CC1)C23. The summed E-state index contributed by atoms with van der Waals surface area (Å²) in [5, 5.41) is 0. The highest BCUT2D eigenvalue weighted by molar-refractivity contribution is 4.90. The number of nitrogens with zero attached hydrogens (tertiary/aromatic N) is 4. The Bertz CT molecular complexity index is 201. The van der Waals surface area contributed by atoms with Crippen molar-refractivity contribution < 1.29 is 0 Å². The third-order valence-corrected chi connectivity index (χ3v) is 3.87. The van der Waals surface area contributed by atoms with Crippen LogP contribution in [-0.2, 0) is 0 Å². The lowest BCUT2D eigenvalue weighted by atomic mass is 10.4. The van der Waals surface area contributed by atoms with Gasteiger partial charge in [0.05, 0.1) is 0 Å². The van der Waals surface area contributed by atoms with E-state index in [4.69, 9.17) is 0 Å². The molecule has 0 aromatic heterocycles. The summed E-state index contributed by atoms with van der Waals surface area (Å²) >= 11 is 0.